The predicted molar refractivity (Wildman–Crippen MR) is 97.4 cm³/mol. The molecule has 1 heterocycles. The molecule has 1 aliphatic rings. The number of amides is 2. The number of nitrogens with one attached hydrogen (secondary N) is 1. The predicted octanol–water partition coefficient (Wildman–Crippen LogP) is 2.95. The molecule has 1 saturated heterocycles. The summed E-state index contributed by atoms with van der Waals surface area (Å²) in [5.74, 6) is -0.830. The lowest BCUT2D eigenvalue weighted by Crippen LogP contribution is -2.37. The molecule has 2 amide bonds. The van der Waals surface area contributed by atoms with Crippen molar-refractivity contribution >= 4 is 11.8 Å². The first kappa shape index (κ1) is 20.5. The van der Waals surface area contributed by atoms with Gasteiger partial charge in [-0.15, -0.1) is 0 Å². The second kappa shape index (κ2) is 8.02. The van der Waals surface area contributed by atoms with E-state index in [4.69, 9.17) is 4.74 Å². The summed E-state index contributed by atoms with van der Waals surface area (Å²) in [5, 5.41) is 12.5. The smallest absolute Gasteiger partial charge is 0.416 e. The maximum Gasteiger partial charge on any atom is 0.416 e. The summed E-state index contributed by atoms with van der Waals surface area (Å²) in [6.07, 6.45) is -4.55. The van der Waals surface area contributed by atoms with Crippen LogP contribution in [0.3, 0.4) is 0 Å². The van der Waals surface area contributed by atoms with Gasteiger partial charge in [-0.3, -0.25) is 9.59 Å². The van der Waals surface area contributed by atoms with Crippen molar-refractivity contribution in [1.29, 1.82) is 0 Å². The molecule has 0 aromatic heterocycles. The minimum atomic E-state index is -4.52. The Morgan fingerprint density at radius 3 is 2.69 bits per heavy atom. The summed E-state index contributed by atoms with van der Waals surface area (Å²) >= 11 is 0. The molecular formula is C20H19F3N2O4. The monoisotopic (exact) mass is 408 g/mol. The molecule has 3 rings (SSSR count). The highest BCUT2D eigenvalue weighted by atomic mass is 19.4. The van der Waals surface area contributed by atoms with E-state index in [-0.39, 0.29) is 42.3 Å². The van der Waals surface area contributed by atoms with Crippen molar-refractivity contribution in [2.45, 2.75) is 25.2 Å². The number of benzene rings is 2. The fourth-order valence-electron chi connectivity index (χ4n) is 3.25. The lowest BCUT2D eigenvalue weighted by molar-refractivity contribution is -0.139. The molecule has 2 aromatic carbocycles. The summed E-state index contributed by atoms with van der Waals surface area (Å²) in [5.41, 5.74) is -0.815. The van der Waals surface area contributed by atoms with Crippen molar-refractivity contribution in [3.05, 3.63) is 59.2 Å². The number of hydrogen-bond acceptors (Lipinski definition) is 4. The van der Waals surface area contributed by atoms with Gasteiger partial charge in [0.25, 0.3) is 5.91 Å². The number of carbonyl (C=O) groups excluding carboxylic acids is 2. The van der Waals surface area contributed by atoms with E-state index in [2.05, 4.69) is 5.32 Å². The summed E-state index contributed by atoms with van der Waals surface area (Å²) in [6.45, 7) is -0.132. The highest BCUT2D eigenvalue weighted by Crippen LogP contribution is 2.33. The van der Waals surface area contributed by atoms with Crippen LogP contribution in [0.2, 0.25) is 0 Å². The van der Waals surface area contributed by atoms with E-state index in [1.54, 1.807) is 0 Å². The van der Waals surface area contributed by atoms with E-state index in [1.165, 1.54) is 48.4 Å². The summed E-state index contributed by atoms with van der Waals surface area (Å²) in [6, 6.07) is 8.66. The minimum absolute atomic E-state index is 0.00855. The third-order valence-corrected chi connectivity index (χ3v) is 4.68. The molecule has 29 heavy (non-hydrogen) atoms. The third-order valence-electron chi connectivity index (χ3n) is 4.68. The normalized spacial score (nSPS) is 16.8. The Kier molecular flexibility index (Phi) is 5.67. The first-order chi connectivity index (χ1) is 13.7. The molecule has 1 atom stereocenters. The molecular weight excluding hydrogens is 389 g/mol. The molecule has 1 unspecified atom stereocenters. The van der Waals surface area contributed by atoms with E-state index in [0.717, 1.165) is 6.07 Å². The minimum Gasteiger partial charge on any atom is -0.507 e. The van der Waals surface area contributed by atoms with Crippen LogP contribution in [-0.2, 0) is 17.5 Å². The Morgan fingerprint density at radius 2 is 2.00 bits per heavy atom. The van der Waals surface area contributed by atoms with Crippen LogP contribution in [-0.4, -0.2) is 41.5 Å². The van der Waals surface area contributed by atoms with Gasteiger partial charge in [0.15, 0.2) is 0 Å². The largest absolute Gasteiger partial charge is 0.507 e. The zero-order valence-electron chi connectivity index (χ0n) is 15.5. The standard InChI is InChI=1S/C20H19F3N2O4/c1-29-14-6-7-17(26)15(9-14)19(28)24-13-8-18(27)25(11-13)10-12-4-2-3-5-16(12)20(21,22)23/h2-7,9,13,26H,8,10-11H2,1H3,(H,24,28). The lowest BCUT2D eigenvalue weighted by Gasteiger charge is -2.20. The Labute approximate surface area is 164 Å². The molecule has 0 spiro atoms. The fraction of sp³-hybridized carbons (Fsp3) is 0.300. The van der Waals surface area contributed by atoms with Crippen LogP contribution < -0.4 is 10.1 Å². The Bertz CT molecular complexity index is 930. The number of carbonyl (C=O) groups is 2. The van der Waals surface area contributed by atoms with Gasteiger partial charge in [-0.25, -0.2) is 0 Å². The van der Waals surface area contributed by atoms with Gasteiger partial charge < -0.3 is 20.1 Å². The van der Waals surface area contributed by atoms with Crippen LogP contribution in [0.15, 0.2) is 42.5 Å². The highest BCUT2D eigenvalue weighted by Gasteiger charge is 2.36. The van der Waals surface area contributed by atoms with Gasteiger partial charge in [0.1, 0.15) is 11.5 Å². The van der Waals surface area contributed by atoms with E-state index in [0.29, 0.717) is 5.75 Å². The highest BCUT2D eigenvalue weighted by molar-refractivity contribution is 5.98. The topological polar surface area (TPSA) is 78.9 Å². The van der Waals surface area contributed by atoms with Gasteiger partial charge in [-0.2, -0.15) is 13.2 Å². The van der Waals surface area contributed by atoms with Crippen LogP contribution in [0.5, 0.6) is 11.5 Å². The number of phenolic OH excluding ortho intramolecular Hbond substituents is 1. The Morgan fingerprint density at radius 1 is 1.28 bits per heavy atom. The average molecular weight is 408 g/mol. The molecule has 6 nitrogen and oxygen atoms in total. The quantitative estimate of drug-likeness (QED) is 0.798. The molecule has 0 bridgehead atoms. The SMILES string of the molecule is COc1ccc(O)c(C(=O)NC2CC(=O)N(Cc3ccccc3C(F)(F)F)C2)c1. The average Bonchev–Trinajstić information content (AvgIpc) is 3.00. The molecule has 9 heteroatoms. The van der Waals surface area contributed by atoms with Gasteiger partial charge in [0, 0.05) is 19.5 Å². The van der Waals surface area contributed by atoms with Gasteiger partial charge in [0.2, 0.25) is 5.91 Å². The van der Waals surface area contributed by atoms with Crippen LogP contribution >= 0.6 is 0 Å². The van der Waals surface area contributed by atoms with Crippen LogP contribution in [0.1, 0.15) is 27.9 Å². The lowest BCUT2D eigenvalue weighted by atomic mass is 10.1. The van der Waals surface area contributed by atoms with Crippen molar-refractivity contribution in [3.8, 4) is 11.5 Å². The van der Waals surface area contributed by atoms with Gasteiger partial charge in [-0.05, 0) is 29.8 Å². The number of phenols is 1. The van der Waals surface area contributed by atoms with E-state index >= 15 is 0 Å². The number of methoxy groups -OCH3 is 1. The Hall–Kier alpha value is -3.23. The first-order valence-corrected chi connectivity index (χ1v) is 8.79. The third kappa shape index (κ3) is 4.61. The van der Waals surface area contributed by atoms with E-state index in [1.807, 2.05) is 0 Å². The second-order valence-electron chi connectivity index (χ2n) is 6.69. The van der Waals surface area contributed by atoms with Gasteiger partial charge >= 0.3 is 6.18 Å². The number of likely N-dealkylation sites (tertiary alicyclic amines) is 1. The van der Waals surface area contributed by atoms with E-state index < -0.39 is 23.7 Å². The van der Waals surface area contributed by atoms with Crippen molar-refractivity contribution < 1.29 is 32.6 Å². The zero-order valence-corrected chi connectivity index (χ0v) is 15.5. The summed E-state index contributed by atoms with van der Waals surface area (Å²) in [4.78, 5) is 26.0. The summed E-state index contributed by atoms with van der Waals surface area (Å²) in [7, 11) is 1.42. The van der Waals surface area contributed by atoms with Crippen LogP contribution in [0.25, 0.3) is 0 Å². The number of ether oxygens (including phenoxy) is 1. The Balaban J connectivity index is 1.69. The molecule has 2 aromatic rings. The van der Waals surface area contributed by atoms with Crippen molar-refractivity contribution in [3.63, 3.8) is 0 Å². The van der Waals surface area contributed by atoms with Gasteiger partial charge in [-0.1, -0.05) is 18.2 Å². The van der Waals surface area contributed by atoms with E-state index in [9.17, 15) is 27.9 Å². The molecule has 1 fully saturated rings. The summed E-state index contributed by atoms with van der Waals surface area (Å²) < 4.78 is 44.5. The number of rotatable bonds is 5. The first-order valence-electron chi connectivity index (χ1n) is 8.79. The molecule has 154 valence electrons. The fourth-order valence-corrected chi connectivity index (χ4v) is 3.25. The van der Waals surface area contributed by atoms with Gasteiger partial charge in [0.05, 0.1) is 24.3 Å². The molecule has 0 saturated carbocycles. The van der Waals surface area contributed by atoms with Crippen LogP contribution in [0, 0.1) is 0 Å². The van der Waals surface area contributed by atoms with Crippen molar-refractivity contribution in [2.24, 2.45) is 0 Å². The van der Waals surface area contributed by atoms with Crippen molar-refractivity contribution in [2.75, 3.05) is 13.7 Å². The molecule has 0 radical (unpaired) electrons. The maximum absolute atomic E-state index is 13.2. The zero-order chi connectivity index (χ0) is 21.2. The number of hydrogen-bond donors (Lipinski definition) is 2. The number of aromatic hydroxyl groups is 1. The van der Waals surface area contributed by atoms with Crippen LogP contribution in [0.4, 0.5) is 13.2 Å². The number of alkyl halides is 3. The molecule has 2 N–H and O–H groups in total. The molecule has 1 aliphatic heterocycles. The van der Waals surface area contributed by atoms with Crippen molar-refractivity contribution in [1.82, 2.24) is 10.2 Å². The molecule has 0 aliphatic carbocycles. The number of halogens is 3. The number of nitrogens with zero attached hydrogens (tertiary/aromatic N) is 1. The second-order valence-corrected chi connectivity index (χ2v) is 6.69. The maximum atomic E-state index is 13.2.